The van der Waals surface area contributed by atoms with Gasteiger partial charge in [-0.15, -0.1) is 70.8 Å². The first-order chi connectivity index (χ1) is 34.5. The van der Waals surface area contributed by atoms with E-state index in [2.05, 4.69) is 211 Å². The Balaban J connectivity index is 0.000000156. The SMILES string of the molecule is CC(C)Cc1cccc(-c2cc[c-]c(-c3ccccn3)c2)c1.[Ir].[Ir].[c-]1ccc(-c2cccc(-c3ccccc3)c2)cc1-c1ccccn1.c1ccc(-c2cccc(-c3cccc(-c4ccccn4)c3)c2)cc1. The van der Waals surface area contributed by atoms with Crippen molar-refractivity contribution in [3.63, 3.8) is 0 Å². The van der Waals surface area contributed by atoms with E-state index < -0.39 is 0 Å². The van der Waals surface area contributed by atoms with Gasteiger partial charge in [-0.25, -0.2) is 0 Å². The molecule has 356 valence electrons. The Bertz CT molecular complexity index is 3040. The summed E-state index contributed by atoms with van der Waals surface area (Å²) in [6.07, 6.45) is 6.57. The van der Waals surface area contributed by atoms with Gasteiger partial charge in [0.1, 0.15) is 0 Å². The van der Waals surface area contributed by atoms with Gasteiger partial charge in [-0.2, -0.15) is 0 Å². The fourth-order valence-electron chi connectivity index (χ4n) is 8.39. The Morgan fingerprint density at radius 2 is 0.639 bits per heavy atom. The first-order valence-corrected chi connectivity index (χ1v) is 23.8. The smallest absolute Gasteiger partial charge is 0.0702 e. The molecule has 3 aromatic heterocycles. The van der Waals surface area contributed by atoms with E-state index in [1.54, 1.807) is 0 Å². The van der Waals surface area contributed by atoms with E-state index in [1.807, 2.05) is 97.5 Å². The van der Waals surface area contributed by atoms with Crippen LogP contribution in [0.3, 0.4) is 0 Å². The van der Waals surface area contributed by atoms with Gasteiger partial charge in [0.25, 0.3) is 0 Å². The van der Waals surface area contributed by atoms with E-state index in [4.69, 9.17) is 0 Å². The summed E-state index contributed by atoms with van der Waals surface area (Å²) >= 11 is 0. The average Bonchev–Trinajstić information content (AvgIpc) is 3.45. The maximum absolute atomic E-state index is 4.45. The van der Waals surface area contributed by atoms with Crippen LogP contribution in [0.5, 0.6) is 0 Å². The predicted octanol–water partition coefficient (Wildman–Crippen LogP) is 17.4. The third-order valence-electron chi connectivity index (χ3n) is 11.8. The quantitative estimate of drug-likeness (QED) is 0.128. The van der Waals surface area contributed by atoms with Gasteiger partial charge in [0.15, 0.2) is 0 Å². The number of nitrogens with zero attached hydrogens (tertiary/aromatic N) is 3. The fraction of sp³-hybridized carbons (Fsp3) is 0.0597. The topological polar surface area (TPSA) is 38.7 Å². The summed E-state index contributed by atoms with van der Waals surface area (Å²) in [6.45, 7) is 4.51. The molecule has 3 nitrogen and oxygen atoms in total. The van der Waals surface area contributed by atoms with Crippen LogP contribution >= 0.6 is 0 Å². The molecule has 11 aromatic rings. The van der Waals surface area contributed by atoms with Crippen LogP contribution in [0.2, 0.25) is 0 Å². The van der Waals surface area contributed by atoms with Crippen molar-refractivity contribution in [2.24, 2.45) is 5.92 Å². The molecule has 0 spiro atoms. The second-order valence-electron chi connectivity index (χ2n) is 17.4. The molecule has 0 N–H and O–H groups in total. The van der Waals surface area contributed by atoms with Crippen LogP contribution < -0.4 is 0 Å². The molecule has 11 rings (SSSR count). The van der Waals surface area contributed by atoms with Crippen LogP contribution in [0.1, 0.15) is 19.4 Å². The Morgan fingerprint density at radius 1 is 0.306 bits per heavy atom. The van der Waals surface area contributed by atoms with Crippen molar-refractivity contribution in [2.75, 3.05) is 0 Å². The van der Waals surface area contributed by atoms with Gasteiger partial charge in [-0.05, 0) is 116 Å². The van der Waals surface area contributed by atoms with Crippen molar-refractivity contribution >= 4 is 0 Å². The molecular formula is C67H53Ir2N3-2. The normalized spacial score (nSPS) is 10.3. The van der Waals surface area contributed by atoms with E-state index in [0.29, 0.717) is 5.92 Å². The predicted molar refractivity (Wildman–Crippen MR) is 292 cm³/mol. The zero-order valence-corrected chi connectivity index (χ0v) is 45.0. The van der Waals surface area contributed by atoms with Gasteiger partial charge in [0, 0.05) is 64.4 Å². The second-order valence-corrected chi connectivity index (χ2v) is 17.4. The molecule has 0 aliphatic carbocycles. The zero-order chi connectivity index (χ0) is 47.7. The molecule has 0 saturated heterocycles. The molecule has 0 unspecified atom stereocenters. The van der Waals surface area contributed by atoms with Crippen LogP contribution in [0.25, 0.3) is 89.4 Å². The van der Waals surface area contributed by atoms with Gasteiger partial charge in [0.2, 0.25) is 0 Å². The first-order valence-electron chi connectivity index (χ1n) is 23.8. The Kier molecular flexibility index (Phi) is 19.4. The van der Waals surface area contributed by atoms with Gasteiger partial charge in [-0.3, -0.25) is 4.98 Å². The van der Waals surface area contributed by atoms with Crippen LogP contribution in [0.4, 0.5) is 0 Å². The molecule has 0 saturated carbocycles. The van der Waals surface area contributed by atoms with Gasteiger partial charge in [0.05, 0.1) is 5.69 Å². The molecule has 0 aliphatic heterocycles. The number of rotatable bonds is 10. The van der Waals surface area contributed by atoms with Crippen molar-refractivity contribution < 1.29 is 40.2 Å². The third-order valence-corrected chi connectivity index (χ3v) is 11.8. The molecule has 5 heteroatoms. The van der Waals surface area contributed by atoms with E-state index in [9.17, 15) is 0 Å². The van der Waals surface area contributed by atoms with Crippen molar-refractivity contribution in [3.05, 3.63) is 285 Å². The molecule has 3 heterocycles. The largest absolute Gasteiger partial charge is 0.305 e. The van der Waals surface area contributed by atoms with Crippen LogP contribution in [0, 0.1) is 18.1 Å². The standard InChI is InChI=1S/C23H17N.C23H16N.C21H20N.2Ir/c2*1-2-8-18(9-3-1)19-10-6-11-20(16-19)21-12-7-13-22(17-21)23-14-4-5-15-24-23;1-16(2)13-17-7-5-8-18(14-17)19-9-6-10-20(15-19)21-11-3-4-12-22-21;;/h1-17H;1-12,14-17H;3-9,11-12,14-16H,13H2,1-2H3;;/q;2*-1;;. The summed E-state index contributed by atoms with van der Waals surface area (Å²) in [6, 6.07) is 92.5. The minimum atomic E-state index is 0. The molecule has 0 amide bonds. The minimum absolute atomic E-state index is 0. The summed E-state index contributed by atoms with van der Waals surface area (Å²) in [5, 5.41) is 0. The van der Waals surface area contributed by atoms with Crippen molar-refractivity contribution in [3.8, 4) is 89.4 Å². The van der Waals surface area contributed by atoms with Gasteiger partial charge < -0.3 is 9.97 Å². The van der Waals surface area contributed by atoms with Crippen molar-refractivity contribution in [2.45, 2.75) is 20.3 Å². The number of benzene rings is 8. The van der Waals surface area contributed by atoms with E-state index >= 15 is 0 Å². The van der Waals surface area contributed by atoms with Crippen LogP contribution in [-0.2, 0) is 46.6 Å². The molecular weight excluding hydrogens is 1230 g/mol. The summed E-state index contributed by atoms with van der Waals surface area (Å²) < 4.78 is 0. The Labute approximate surface area is 452 Å². The first kappa shape index (κ1) is 52.3. The number of hydrogen-bond donors (Lipinski definition) is 0. The molecule has 0 aliphatic rings. The molecule has 0 atom stereocenters. The summed E-state index contributed by atoms with van der Waals surface area (Å²) in [4.78, 5) is 13.3. The van der Waals surface area contributed by atoms with Crippen molar-refractivity contribution in [1.29, 1.82) is 0 Å². The fourth-order valence-corrected chi connectivity index (χ4v) is 8.39. The third kappa shape index (κ3) is 14.3. The minimum Gasteiger partial charge on any atom is -0.305 e. The number of pyridine rings is 3. The maximum atomic E-state index is 4.45. The number of aromatic nitrogens is 3. The number of hydrogen-bond acceptors (Lipinski definition) is 3. The van der Waals surface area contributed by atoms with E-state index in [0.717, 1.165) is 40.2 Å². The zero-order valence-electron chi connectivity index (χ0n) is 40.2. The summed E-state index contributed by atoms with van der Waals surface area (Å²) in [7, 11) is 0. The molecule has 0 fully saturated rings. The summed E-state index contributed by atoms with van der Waals surface area (Å²) in [5.41, 5.74) is 19.7. The Hall–Kier alpha value is -7.49. The molecule has 0 bridgehead atoms. The molecule has 2 radical (unpaired) electrons. The maximum Gasteiger partial charge on any atom is 0.0702 e. The summed E-state index contributed by atoms with van der Waals surface area (Å²) in [5.74, 6) is 0.670. The molecule has 8 aromatic carbocycles. The average molecular weight is 1280 g/mol. The Morgan fingerprint density at radius 3 is 1.06 bits per heavy atom. The van der Waals surface area contributed by atoms with Crippen molar-refractivity contribution in [1.82, 2.24) is 15.0 Å². The van der Waals surface area contributed by atoms with E-state index in [-0.39, 0.29) is 40.2 Å². The van der Waals surface area contributed by atoms with Crippen LogP contribution in [0.15, 0.2) is 267 Å². The van der Waals surface area contributed by atoms with Gasteiger partial charge >= 0.3 is 0 Å². The van der Waals surface area contributed by atoms with Gasteiger partial charge in [-0.1, -0.05) is 184 Å². The van der Waals surface area contributed by atoms with Crippen LogP contribution in [-0.4, -0.2) is 15.0 Å². The molecule has 72 heavy (non-hydrogen) atoms. The van der Waals surface area contributed by atoms with E-state index in [1.165, 1.54) is 61.2 Å². The monoisotopic (exact) mass is 1290 g/mol. The second kappa shape index (κ2) is 26.6.